The molecule has 1 N–H and O–H groups in total. The van der Waals surface area contributed by atoms with Gasteiger partial charge in [0.25, 0.3) is 0 Å². The molecule has 1 saturated heterocycles. The van der Waals surface area contributed by atoms with E-state index in [9.17, 15) is 13.5 Å². The highest BCUT2D eigenvalue weighted by Crippen LogP contribution is 2.29. The van der Waals surface area contributed by atoms with Gasteiger partial charge in [-0.3, -0.25) is 0 Å². The lowest BCUT2D eigenvalue weighted by molar-refractivity contribution is -0.131. The van der Waals surface area contributed by atoms with E-state index in [2.05, 4.69) is 0 Å². The van der Waals surface area contributed by atoms with E-state index >= 15 is 0 Å². The lowest BCUT2D eigenvalue weighted by atomic mass is 10.1. The van der Waals surface area contributed by atoms with Crippen molar-refractivity contribution in [2.75, 3.05) is 19.7 Å². The van der Waals surface area contributed by atoms with Gasteiger partial charge in [-0.1, -0.05) is 23.7 Å². The molecule has 20 heavy (non-hydrogen) atoms. The number of aliphatic hydroxyl groups is 1. The normalized spacial score (nSPS) is 23.7. The lowest BCUT2D eigenvalue weighted by Gasteiger charge is -2.41. The molecule has 0 spiro atoms. The molecule has 1 aromatic rings. The minimum atomic E-state index is -3.70. The van der Waals surface area contributed by atoms with Gasteiger partial charge < -0.3 is 9.84 Å². The van der Waals surface area contributed by atoms with Crippen molar-refractivity contribution in [2.45, 2.75) is 30.4 Å². The summed E-state index contributed by atoms with van der Waals surface area (Å²) in [5, 5.41) is 9.45. The smallest absolute Gasteiger partial charge is 0.244 e. The Morgan fingerprint density at radius 2 is 2.10 bits per heavy atom. The molecule has 1 aliphatic rings. The summed E-state index contributed by atoms with van der Waals surface area (Å²) in [6, 6.07) is 6.34. The second kappa shape index (κ2) is 5.61. The van der Waals surface area contributed by atoms with Gasteiger partial charge >= 0.3 is 0 Å². The van der Waals surface area contributed by atoms with E-state index in [1.165, 1.54) is 10.4 Å². The highest BCUT2D eigenvalue weighted by Gasteiger charge is 2.39. The fourth-order valence-corrected chi connectivity index (χ4v) is 4.43. The quantitative estimate of drug-likeness (QED) is 0.917. The molecule has 2 rings (SSSR count). The number of morpholine rings is 1. The van der Waals surface area contributed by atoms with Crippen LogP contribution < -0.4 is 0 Å². The second-order valence-corrected chi connectivity index (χ2v) is 7.72. The van der Waals surface area contributed by atoms with E-state index in [1.807, 2.05) is 0 Å². The number of benzene rings is 1. The van der Waals surface area contributed by atoms with Gasteiger partial charge in [0.05, 0.1) is 23.3 Å². The lowest BCUT2D eigenvalue weighted by Crippen LogP contribution is -2.55. The van der Waals surface area contributed by atoms with Crippen molar-refractivity contribution in [1.29, 1.82) is 0 Å². The Balaban J connectivity index is 2.36. The van der Waals surface area contributed by atoms with Crippen LogP contribution in [0.5, 0.6) is 0 Å². The SMILES string of the molecule is CC1(C)CN(S(=O)(=O)c2ccccc2Cl)CC(CO)O1. The first-order valence-electron chi connectivity index (χ1n) is 6.29. The number of nitrogens with zero attached hydrogens (tertiary/aromatic N) is 1. The minimum Gasteiger partial charge on any atom is -0.394 e. The predicted molar refractivity (Wildman–Crippen MR) is 76.2 cm³/mol. The highest BCUT2D eigenvalue weighted by atomic mass is 35.5. The molecule has 0 bridgehead atoms. The van der Waals surface area contributed by atoms with Crippen molar-refractivity contribution in [3.8, 4) is 0 Å². The number of hydrogen-bond acceptors (Lipinski definition) is 4. The van der Waals surface area contributed by atoms with Crippen molar-refractivity contribution >= 4 is 21.6 Å². The van der Waals surface area contributed by atoms with E-state index < -0.39 is 21.7 Å². The van der Waals surface area contributed by atoms with Gasteiger partial charge in [0.1, 0.15) is 4.90 Å². The summed E-state index contributed by atoms with van der Waals surface area (Å²) in [5.74, 6) is 0. The van der Waals surface area contributed by atoms with Gasteiger partial charge in [0.15, 0.2) is 0 Å². The van der Waals surface area contributed by atoms with Gasteiger partial charge in [-0.25, -0.2) is 8.42 Å². The van der Waals surface area contributed by atoms with Crippen LogP contribution in [0.15, 0.2) is 29.2 Å². The summed E-state index contributed by atoms with van der Waals surface area (Å²) >= 11 is 5.98. The third-order valence-electron chi connectivity index (χ3n) is 3.11. The maximum Gasteiger partial charge on any atom is 0.244 e. The topological polar surface area (TPSA) is 66.8 Å². The zero-order chi connectivity index (χ0) is 15.0. The van der Waals surface area contributed by atoms with E-state index in [-0.39, 0.29) is 29.6 Å². The standard InChI is InChI=1S/C13H18ClNO4S/c1-13(2)9-15(7-10(8-16)19-13)20(17,18)12-6-4-3-5-11(12)14/h3-6,10,16H,7-9H2,1-2H3. The Hall–Kier alpha value is -0.660. The van der Waals surface area contributed by atoms with Gasteiger partial charge in [0.2, 0.25) is 10.0 Å². The molecular weight excluding hydrogens is 302 g/mol. The van der Waals surface area contributed by atoms with Gasteiger partial charge in [-0.15, -0.1) is 0 Å². The van der Waals surface area contributed by atoms with Crippen LogP contribution in [0, 0.1) is 0 Å². The zero-order valence-electron chi connectivity index (χ0n) is 11.4. The van der Waals surface area contributed by atoms with Gasteiger partial charge in [-0.05, 0) is 26.0 Å². The molecule has 1 fully saturated rings. The summed E-state index contributed by atoms with van der Waals surface area (Å²) in [6.07, 6.45) is -0.531. The fraction of sp³-hybridized carbons (Fsp3) is 0.538. The first kappa shape index (κ1) is 15.7. The van der Waals surface area contributed by atoms with Crippen LogP contribution in [0.25, 0.3) is 0 Å². The molecule has 0 radical (unpaired) electrons. The van der Waals surface area contributed by atoms with Gasteiger partial charge in [-0.2, -0.15) is 4.31 Å². The monoisotopic (exact) mass is 319 g/mol. The van der Waals surface area contributed by atoms with E-state index in [0.29, 0.717) is 0 Å². The predicted octanol–water partition coefficient (Wildman–Crippen LogP) is 1.50. The summed E-state index contributed by atoms with van der Waals surface area (Å²) in [6.45, 7) is 3.70. The molecule has 5 nitrogen and oxygen atoms in total. The largest absolute Gasteiger partial charge is 0.394 e. The maximum atomic E-state index is 12.7. The maximum absolute atomic E-state index is 12.7. The molecule has 0 aliphatic carbocycles. The first-order chi connectivity index (χ1) is 9.26. The summed E-state index contributed by atoms with van der Waals surface area (Å²) in [4.78, 5) is 0.0797. The molecule has 112 valence electrons. The van der Waals surface area contributed by atoms with Crippen LogP contribution in [0.3, 0.4) is 0 Å². The molecule has 1 aromatic carbocycles. The summed E-state index contributed by atoms with van der Waals surface area (Å²) < 4.78 is 32.3. The minimum absolute atomic E-state index is 0.0797. The Morgan fingerprint density at radius 3 is 2.70 bits per heavy atom. The third-order valence-corrected chi connectivity index (χ3v) is 5.42. The fourth-order valence-electron chi connectivity index (χ4n) is 2.31. The molecule has 0 saturated carbocycles. The van der Waals surface area contributed by atoms with Crippen LogP contribution in [0.2, 0.25) is 5.02 Å². The average molecular weight is 320 g/mol. The van der Waals surface area contributed by atoms with E-state index in [1.54, 1.807) is 32.0 Å². The van der Waals surface area contributed by atoms with Crippen LogP contribution in [-0.4, -0.2) is 49.2 Å². The zero-order valence-corrected chi connectivity index (χ0v) is 13.0. The number of sulfonamides is 1. The van der Waals surface area contributed by atoms with Crippen molar-refractivity contribution in [2.24, 2.45) is 0 Å². The van der Waals surface area contributed by atoms with E-state index in [0.717, 1.165) is 0 Å². The number of halogens is 1. The number of hydrogen-bond donors (Lipinski definition) is 1. The molecule has 1 heterocycles. The highest BCUT2D eigenvalue weighted by molar-refractivity contribution is 7.89. The first-order valence-corrected chi connectivity index (χ1v) is 8.11. The van der Waals surface area contributed by atoms with Crippen LogP contribution in [0.1, 0.15) is 13.8 Å². The summed E-state index contributed by atoms with van der Waals surface area (Å²) in [7, 11) is -3.70. The van der Waals surface area contributed by atoms with Crippen molar-refractivity contribution in [3.05, 3.63) is 29.3 Å². The van der Waals surface area contributed by atoms with Crippen molar-refractivity contribution < 1.29 is 18.3 Å². The average Bonchev–Trinajstić information content (AvgIpc) is 2.37. The Morgan fingerprint density at radius 1 is 1.45 bits per heavy atom. The van der Waals surface area contributed by atoms with Crippen LogP contribution in [-0.2, 0) is 14.8 Å². The third kappa shape index (κ3) is 3.15. The van der Waals surface area contributed by atoms with Crippen LogP contribution in [0.4, 0.5) is 0 Å². The molecule has 1 atom stereocenters. The molecule has 0 aromatic heterocycles. The van der Waals surface area contributed by atoms with Crippen LogP contribution >= 0.6 is 11.6 Å². The molecular formula is C13H18ClNO4S. The van der Waals surface area contributed by atoms with Crippen molar-refractivity contribution in [1.82, 2.24) is 4.31 Å². The second-order valence-electron chi connectivity index (χ2n) is 5.41. The Kier molecular flexibility index (Phi) is 4.41. The number of aliphatic hydroxyl groups excluding tert-OH is 1. The molecule has 0 amide bonds. The molecule has 1 unspecified atom stereocenters. The van der Waals surface area contributed by atoms with Crippen molar-refractivity contribution in [3.63, 3.8) is 0 Å². The number of ether oxygens (including phenoxy) is 1. The Bertz CT molecular complexity index is 588. The summed E-state index contributed by atoms with van der Waals surface area (Å²) in [5.41, 5.74) is -0.653. The van der Waals surface area contributed by atoms with E-state index in [4.69, 9.17) is 16.3 Å². The Labute approximate surface area is 124 Å². The number of rotatable bonds is 3. The molecule has 1 aliphatic heterocycles. The molecule has 7 heteroatoms. The van der Waals surface area contributed by atoms with Gasteiger partial charge in [0, 0.05) is 13.1 Å².